The molecule has 2 aromatic heterocycles. The van der Waals surface area contributed by atoms with E-state index in [1.807, 2.05) is 23.4 Å². The van der Waals surface area contributed by atoms with Crippen LogP contribution >= 0.6 is 12.4 Å². The van der Waals surface area contributed by atoms with Gasteiger partial charge in [0.1, 0.15) is 0 Å². The van der Waals surface area contributed by atoms with Gasteiger partial charge in [-0.05, 0) is 62.0 Å². The Kier molecular flexibility index (Phi) is 5.13. The Balaban J connectivity index is 0.00000216. The largest absolute Gasteiger partial charge is 0.331 e. The number of aromatic nitrogens is 3. The molecule has 32 heavy (non-hydrogen) atoms. The summed E-state index contributed by atoms with van der Waals surface area (Å²) in [4.78, 5) is 19.3. The first-order valence-corrected chi connectivity index (χ1v) is 11.4. The lowest BCUT2D eigenvalue weighted by Gasteiger charge is -2.31. The highest BCUT2D eigenvalue weighted by atomic mass is 35.5. The zero-order valence-corrected chi connectivity index (χ0v) is 18.7. The highest BCUT2D eigenvalue weighted by molar-refractivity contribution is 5.85. The normalized spacial score (nSPS) is 26.1. The lowest BCUT2D eigenvalue weighted by atomic mass is 9.81. The van der Waals surface area contributed by atoms with Crippen LogP contribution in [0.4, 0.5) is 13.6 Å². The first-order chi connectivity index (χ1) is 14.8. The molecular weight excluding hydrogens is 438 g/mol. The van der Waals surface area contributed by atoms with Gasteiger partial charge in [-0.15, -0.1) is 12.4 Å². The Morgan fingerprint density at radius 2 is 1.84 bits per heavy atom. The Labute approximate surface area is 191 Å². The number of alkyl halides is 2. The van der Waals surface area contributed by atoms with Gasteiger partial charge in [0.05, 0.1) is 35.7 Å². The van der Waals surface area contributed by atoms with E-state index in [1.165, 1.54) is 0 Å². The van der Waals surface area contributed by atoms with Gasteiger partial charge in [-0.3, -0.25) is 0 Å². The predicted octanol–water partition coefficient (Wildman–Crippen LogP) is 3.99. The molecule has 3 N–H and O–H groups in total. The van der Waals surface area contributed by atoms with Gasteiger partial charge in [0.25, 0.3) is 0 Å². The maximum atomic E-state index is 13.5. The fourth-order valence-electron chi connectivity index (χ4n) is 5.41. The van der Waals surface area contributed by atoms with E-state index in [0.717, 1.165) is 37.8 Å². The van der Waals surface area contributed by atoms with Crippen LogP contribution in [0, 0.1) is 11.8 Å². The van der Waals surface area contributed by atoms with E-state index in [0.29, 0.717) is 30.1 Å². The van der Waals surface area contributed by atoms with Crippen molar-refractivity contribution in [1.29, 1.82) is 0 Å². The average Bonchev–Trinajstić information content (AvgIpc) is 3.63. The van der Waals surface area contributed by atoms with E-state index < -0.39 is 5.92 Å². The van der Waals surface area contributed by atoms with Gasteiger partial charge in [0, 0.05) is 19.4 Å². The van der Waals surface area contributed by atoms with Crippen LogP contribution in [0.3, 0.4) is 0 Å². The van der Waals surface area contributed by atoms with Gasteiger partial charge < -0.3 is 16.0 Å². The van der Waals surface area contributed by atoms with E-state index in [2.05, 4.69) is 10.4 Å². The third-order valence-corrected chi connectivity index (χ3v) is 7.68. The molecule has 2 amide bonds. The molecule has 1 spiro atoms. The third kappa shape index (κ3) is 3.83. The number of nitrogens with one attached hydrogen (secondary N) is 1. The topological polar surface area (TPSA) is 88.5 Å². The summed E-state index contributed by atoms with van der Waals surface area (Å²) in [6, 6.07) is 1.67. The van der Waals surface area contributed by atoms with Crippen molar-refractivity contribution in [3.8, 4) is 0 Å². The minimum Gasteiger partial charge on any atom is -0.331 e. The van der Waals surface area contributed by atoms with Crippen molar-refractivity contribution in [2.45, 2.75) is 74.9 Å². The average molecular weight is 467 g/mol. The van der Waals surface area contributed by atoms with Crippen LogP contribution in [-0.4, -0.2) is 43.5 Å². The van der Waals surface area contributed by atoms with Crippen LogP contribution in [-0.2, 0) is 0 Å². The summed E-state index contributed by atoms with van der Waals surface area (Å²) in [5.74, 6) is -2.10. The second-order valence-corrected chi connectivity index (χ2v) is 10.1. The molecule has 4 aliphatic rings. The molecule has 174 valence electrons. The van der Waals surface area contributed by atoms with Crippen molar-refractivity contribution in [1.82, 2.24) is 24.8 Å². The zero-order chi connectivity index (χ0) is 21.4. The van der Waals surface area contributed by atoms with Crippen molar-refractivity contribution in [3.05, 3.63) is 29.7 Å². The Morgan fingerprint density at radius 1 is 1.12 bits per heavy atom. The zero-order valence-electron chi connectivity index (χ0n) is 17.8. The maximum Gasteiger partial charge on any atom is 0.318 e. The number of carbonyl (C=O) groups excluding carboxylic acids is 1. The van der Waals surface area contributed by atoms with Gasteiger partial charge in [0.15, 0.2) is 5.65 Å². The lowest BCUT2D eigenvalue weighted by Crippen LogP contribution is -2.33. The van der Waals surface area contributed by atoms with E-state index in [-0.39, 0.29) is 54.8 Å². The first-order valence-electron chi connectivity index (χ1n) is 11.4. The molecule has 0 unspecified atom stereocenters. The van der Waals surface area contributed by atoms with E-state index in [4.69, 9.17) is 10.7 Å². The molecule has 10 heteroatoms. The smallest absolute Gasteiger partial charge is 0.318 e. The fourth-order valence-corrected chi connectivity index (χ4v) is 5.41. The number of hydrogen-bond donors (Lipinski definition) is 2. The summed E-state index contributed by atoms with van der Waals surface area (Å²) in [7, 11) is 0. The molecule has 0 radical (unpaired) electrons. The summed E-state index contributed by atoms with van der Waals surface area (Å²) < 4.78 is 28.7. The number of nitrogens with two attached hydrogens (primary N) is 1. The first kappa shape index (κ1) is 21.8. The molecule has 4 fully saturated rings. The Morgan fingerprint density at radius 3 is 2.47 bits per heavy atom. The highest BCUT2D eigenvalue weighted by Gasteiger charge is 2.54. The molecule has 7 nitrogen and oxygen atoms in total. The summed E-state index contributed by atoms with van der Waals surface area (Å²) in [5, 5.41) is 7.71. The number of rotatable bonds is 5. The molecule has 3 aliphatic carbocycles. The molecule has 2 atom stereocenters. The highest BCUT2D eigenvalue weighted by Crippen LogP contribution is 2.49. The molecule has 1 aliphatic heterocycles. The van der Waals surface area contributed by atoms with Crippen molar-refractivity contribution < 1.29 is 13.6 Å². The monoisotopic (exact) mass is 466 g/mol. The molecule has 2 aromatic rings. The molecule has 0 aromatic carbocycles. The molecule has 1 saturated heterocycles. The predicted molar refractivity (Wildman–Crippen MR) is 117 cm³/mol. The van der Waals surface area contributed by atoms with Crippen molar-refractivity contribution in [3.63, 3.8) is 0 Å². The van der Waals surface area contributed by atoms with E-state index in [1.54, 1.807) is 4.52 Å². The molecule has 3 heterocycles. The number of hydrogen-bond acceptors (Lipinski definition) is 4. The SMILES string of the molecule is Cl.N[C@H](c1cn2ncc([C@@H](C3CC3)N3CC4(CC4)NC3=O)cc2n1)C1CCC(F)(F)CC1. The summed E-state index contributed by atoms with van der Waals surface area (Å²) >= 11 is 0. The van der Waals surface area contributed by atoms with Crippen LogP contribution in [0.5, 0.6) is 0 Å². The Hall–Kier alpha value is -2.00. The fraction of sp³-hybridized carbons (Fsp3) is 0.682. The van der Waals surface area contributed by atoms with Crippen molar-refractivity contribution >= 4 is 24.1 Å². The van der Waals surface area contributed by atoms with Crippen LogP contribution in [0.2, 0.25) is 0 Å². The molecule has 0 bridgehead atoms. The number of halogens is 3. The van der Waals surface area contributed by atoms with Crippen LogP contribution < -0.4 is 11.1 Å². The van der Waals surface area contributed by atoms with Crippen LogP contribution in [0.15, 0.2) is 18.5 Å². The van der Waals surface area contributed by atoms with Gasteiger partial charge >= 0.3 is 6.03 Å². The molecular formula is C22H29ClF2N6O. The summed E-state index contributed by atoms with van der Waals surface area (Å²) in [5.41, 5.74) is 8.80. The van der Waals surface area contributed by atoms with Gasteiger partial charge in [-0.2, -0.15) is 5.10 Å². The van der Waals surface area contributed by atoms with Gasteiger partial charge in [0.2, 0.25) is 5.92 Å². The second-order valence-electron chi connectivity index (χ2n) is 10.1. The van der Waals surface area contributed by atoms with Gasteiger partial charge in [-0.25, -0.2) is 23.1 Å². The lowest BCUT2D eigenvalue weighted by molar-refractivity contribution is -0.0484. The minimum atomic E-state index is -2.57. The molecule has 3 saturated carbocycles. The van der Waals surface area contributed by atoms with E-state index >= 15 is 0 Å². The number of urea groups is 1. The second kappa shape index (κ2) is 7.52. The number of fused-ring (bicyclic) bond motifs is 1. The quantitative estimate of drug-likeness (QED) is 0.697. The van der Waals surface area contributed by atoms with Crippen molar-refractivity contribution in [2.75, 3.05) is 6.54 Å². The number of imidazole rings is 1. The van der Waals surface area contributed by atoms with Gasteiger partial charge in [-0.1, -0.05) is 0 Å². The number of carbonyl (C=O) groups is 1. The standard InChI is InChI=1S/C22H28F2N6O.ClH/c23-22(24)5-3-13(4-6-22)18(25)16-11-30-17(27-16)9-15(10-26-30)19(14-1-2-14)29-12-21(7-8-21)28-20(29)31;/h9-11,13-14,18-19H,1-8,12,25H2,(H,28,31);1H/t18-,19+;/m0./s1. The van der Waals surface area contributed by atoms with E-state index in [9.17, 15) is 13.6 Å². The maximum absolute atomic E-state index is 13.5. The van der Waals surface area contributed by atoms with Crippen LogP contribution in [0.1, 0.15) is 74.7 Å². The number of nitrogens with zero attached hydrogens (tertiary/aromatic N) is 4. The Bertz CT molecular complexity index is 1030. The van der Waals surface area contributed by atoms with Crippen LogP contribution in [0.25, 0.3) is 5.65 Å². The summed E-state index contributed by atoms with van der Waals surface area (Å²) in [6.45, 7) is 0.759. The third-order valence-electron chi connectivity index (χ3n) is 7.68. The molecule has 6 rings (SSSR count). The number of amides is 2. The van der Waals surface area contributed by atoms with Crippen molar-refractivity contribution in [2.24, 2.45) is 17.6 Å². The minimum absolute atomic E-state index is 0. The summed E-state index contributed by atoms with van der Waals surface area (Å²) in [6.07, 6.45) is 8.59.